The molecule has 0 atom stereocenters. The molecular formula is C22H22N4O5S. The van der Waals surface area contributed by atoms with Crippen molar-refractivity contribution in [2.75, 3.05) is 24.6 Å². The lowest BCUT2D eigenvalue weighted by Gasteiger charge is -2.33. The Morgan fingerprint density at radius 2 is 1.97 bits per heavy atom. The molecule has 166 valence electrons. The number of nitrogens with zero attached hydrogens (tertiary/aromatic N) is 3. The molecule has 2 aliphatic heterocycles. The Hall–Kier alpha value is -3.45. The highest BCUT2D eigenvalue weighted by Gasteiger charge is 2.30. The van der Waals surface area contributed by atoms with Crippen LogP contribution < -0.4 is 9.62 Å². The second-order valence-corrected chi connectivity index (χ2v) is 9.55. The molecule has 1 aromatic carbocycles. The average molecular weight is 455 g/mol. The number of aromatic nitrogens is 1. The summed E-state index contributed by atoms with van der Waals surface area (Å²) < 4.78 is 31.9. The van der Waals surface area contributed by atoms with E-state index in [1.807, 2.05) is 4.90 Å². The van der Waals surface area contributed by atoms with Crippen LogP contribution in [0.4, 0.5) is 5.82 Å². The van der Waals surface area contributed by atoms with Gasteiger partial charge in [0.1, 0.15) is 11.9 Å². The third-order valence-corrected chi connectivity index (χ3v) is 6.84. The van der Waals surface area contributed by atoms with Gasteiger partial charge in [0.15, 0.2) is 0 Å². The zero-order chi connectivity index (χ0) is 22.7. The van der Waals surface area contributed by atoms with Crippen LogP contribution in [0.15, 0.2) is 36.4 Å². The number of carbonyl (C=O) groups excluding carboxylic acids is 2. The van der Waals surface area contributed by atoms with Gasteiger partial charge in [-0.05, 0) is 24.5 Å². The molecule has 1 N–H and O–H groups in total. The molecule has 2 aliphatic rings. The van der Waals surface area contributed by atoms with Crippen LogP contribution in [0.3, 0.4) is 0 Å². The molecule has 32 heavy (non-hydrogen) atoms. The molecule has 9 nitrogen and oxygen atoms in total. The van der Waals surface area contributed by atoms with Gasteiger partial charge in [-0.3, -0.25) is 9.52 Å². The number of fused-ring (bicyclic) bond motifs is 1. The number of ether oxygens (including phenoxy) is 1. The number of nitrogens with one attached hydrogen (secondary N) is 1. The fraction of sp³-hybridized carbons (Fsp3) is 0.364. The van der Waals surface area contributed by atoms with Crippen molar-refractivity contribution in [2.24, 2.45) is 5.92 Å². The molecule has 2 aromatic rings. The van der Waals surface area contributed by atoms with E-state index in [2.05, 4.69) is 15.8 Å². The van der Waals surface area contributed by atoms with Crippen LogP contribution in [-0.2, 0) is 31.7 Å². The molecule has 0 unspecified atom stereocenters. The monoisotopic (exact) mass is 454 g/mol. The van der Waals surface area contributed by atoms with Gasteiger partial charge in [-0.15, -0.1) is 0 Å². The lowest BCUT2D eigenvalue weighted by Crippen LogP contribution is -2.43. The van der Waals surface area contributed by atoms with Crippen molar-refractivity contribution in [1.82, 2.24) is 9.71 Å². The van der Waals surface area contributed by atoms with Crippen molar-refractivity contribution in [3.05, 3.63) is 58.8 Å². The van der Waals surface area contributed by atoms with Crippen molar-refractivity contribution in [1.29, 1.82) is 5.26 Å². The molecule has 0 spiro atoms. The summed E-state index contributed by atoms with van der Waals surface area (Å²) in [6.07, 6.45) is 1.34. The van der Waals surface area contributed by atoms with Crippen LogP contribution >= 0.6 is 0 Å². The Balaban J connectivity index is 1.40. The number of amides is 1. The summed E-state index contributed by atoms with van der Waals surface area (Å²) in [6, 6.07) is 12.3. The van der Waals surface area contributed by atoms with Gasteiger partial charge in [0.05, 0.1) is 29.2 Å². The van der Waals surface area contributed by atoms with Gasteiger partial charge < -0.3 is 9.64 Å². The van der Waals surface area contributed by atoms with Crippen LogP contribution in [0.1, 0.15) is 40.0 Å². The number of nitriles is 1. The van der Waals surface area contributed by atoms with E-state index in [9.17, 15) is 23.3 Å². The molecule has 10 heteroatoms. The van der Waals surface area contributed by atoms with E-state index in [1.165, 1.54) is 6.07 Å². The van der Waals surface area contributed by atoms with Crippen molar-refractivity contribution in [2.45, 2.75) is 25.0 Å². The normalized spacial score (nSPS) is 16.6. The molecule has 1 saturated heterocycles. The molecule has 1 amide bonds. The minimum Gasteiger partial charge on any atom is -0.462 e. The maximum atomic E-state index is 12.6. The smallest absolute Gasteiger partial charge is 0.340 e. The first kappa shape index (κ1) is 21.8. The number of rotatable bonds is 5. The van der Waals surface area contributed by atoms with Gasteiger partial charge in [0, 0.05) is 25.4 Å². The summed E-state index contributed by atoms with van der Waals surface area (Å²) in [5, 5.41) is 9.53. The minimum absolute atomic E-state index is 0.254. The predicted octanol–water partition coefficient (Wildman–Crippen LogP) is 1.53. The van der Waals surface area contributed by atoms with E-state index in [0.29, 0.717) is 55.0 Å². The van der Waals surface area contributed by atoms with Crippen LogP contribution in [-0.4, -0.2) is 45.0 Å². The Labute approximate surface area is 186 Å². The standard InChI is InChI=1S/C22H22N4O5S/c23-13-17-12-18-19(8-11-31-22(18)28)24-20(17)26-9-6-16(7-10-26)21(27)25-32(29,30)14-15-4-2-1-3-5-15/h1-5,12,16H,6-11,14H2,(H,25,27). The van der Waals surface area contributed by atoms with Crippen LogP contribution in [0.5, 0.6) is 0 Å². The van der Waals surface area contributed by atoms with Gasteiger partial charge in [0.25, 0.3) is 0 Å². The third kappa shape index (κ3) is 4.73. The van der Waals surface area contributed by atoms with Crippen LogP contribution in [0, 0.1) is 17.2 Å². The first-order valence-corrected chi connectivity index (χ1v) is 12.0. The molecule has 0 radical (unpaired) electrons. The lowest BCUT2D eigenvalue weighted by molar-refractivity contribution is -0.123. The van der Waals surface area contributed by atoms with Gasteiger partial charge in [0.2, 0.25) is 15.9 Å². The highest BCUT2D eigenvalue weighted by atomic mass is 32.2. The summed E-state index contributed by atoms with van der Waals surface area (Å²) in [5.74, 6) is -1.21. The maximum absolute atomic E-state index is 12.6. The van der Waals surface area contributed by atoms with Gasteiger partial charge in [-0.2, -0.15) is 5.26 Å². The molecule has 1 aromatic heterocycles. The van der Waals surface area contributed by atoms with Crippen molar-refractivity contribution in [3.63, 3.8) is 0 Å². The summed E-state index contributed by atoms with van der Waals surface area (Å²) in [5.41, 5.74) is 1.79. The number of hydrogen-bond donors (Lipinski definition) is 1. The molecule has 0 bridgehead atoms. The summed E-state index contributed by atoms with van der Waals surface area (Å²) in [6.45, 7) is 1.15. The van der Waals surface area contributed by atoms with Gasteiger partial charge >= 0.3 is 5.97 Å². The first-order chi connectivity index (χ1) is 15.4. The van der Waals surface area contributed by atoms with Crippen molar-refractivity contribution in [3.8, 4) is 6.07 Å². The largest absolute Gasteiger partial charge is 0.462 e. The second-order valence-electron chi connectivity index (χ2n) is 7.82. The highest BCUT2D eigenvalue weighted by Crippen LogP contribution is 2.28. The topological polar surface area (TPSA) is 129 Å². The highest BCUT2D eigenvalue weighted by molar-refractivity contribution is 7.89. The molecule has 4 rings (SSSR count). The molecule has 0 saturated carbocycles. The quantitative estimate of drug-likeness (QED) is 0.674. The molecule has 3 heterocycles. The number of cyclic esters (lactones) is 1. The van der Waals surface area contributed by atoms with E-state index in [4.69, 9.17) is 4.74 Å². The van der Waals surface area contributed by atoms with E-state index in [-0.39, 0.29) is 17.9 Å². The molecular weight excluding hydrogens is 432 g/mol. The zero-order valence-electron chi connectivity index (χ0n) is 17.3. The SMILES string of the molecule is N#Cc1cc2c(nc1N1CCC(C(=O)NS(=O)(=O)Cc3ccccc3)CC1)CCOC2=O. The zero-order valence-corrected chi connectivity index (χ0v) is 18.1. The summed E-state index contributed by atoms with van der Waals surface area (Å²) >= 11 is 0. The summed E-state index contributed by atoms with van der Waals surface area (Å²) in [4.78, 5) is 30.9. The third-order valence-electron chi connectivity index (χ3n) is 5.61. The van der Waals surface area contributed by atoms with Crippen molar-refractivity contribution < 1.29 is 22.7 Å². The lowest BCUT2D eigenvalue weighted by atomic mass is 9.96. The Morgan fingerprint density at radius 3 is 2.66 bits per heavy atom. The number of sulfonamides is 1. The minimum atomic E-state index is -3.79. The Morgan fingerprint density at radius 1 is 1.25 bits per heavy atom. The van der Waals surface area contributed by atoms with E-state index in [0.717, 1.165) is 0 Å². The summed E-state index contributed by atoms with van der Waals surface area (Å²) in [7, 11) is -3.79. The van der Waals surface area contributed by atoms with Gasteiger partial charge in [-0.25, -0.2) is 18.2 Å². The predicted molar refractivity (Wildman–Crippen MR) is 115 cm³/mol. The number of benzene rings is 1. The fourth-order valence-electron chi connectivity index (χ4n) is 3.97. The first-order valence-electron chi connectivity index (χ1n) is 10.3. The average Bonchev–Trinajstić information content (AvgIpc) is 2.78. The van der Waals surface area contributed by atoms with Gasteiger partial charge in [-0.1, -0.05) is 30.3 Å². The van der Waals surface area contributed by atoms with E-state index < -0.39 is 27.8 Å². The second kappa shape index (κ2) is 8.96. The number of piperidine rings is 1. The number of esters is 1. The number of pyridine rings is 1. The van der Waals surface area contributed by atoms with Crippen molar-refractivity contribution >= 4 is 27.7 Å². The Kier molecular flexibility index (Phi) is 6.10. The maximum Gasteiger partial charge on any atom is 0.340 e. The van der Waals surface area contributed by atoms with E-state index >= 15 is 0 Å². The number of carbonyl (C=O) groups is 2. The van der Waals surface area contributed by atoms with Crippen LogP contribution in [0.25, 0.3) is 0 Å². The number of hydrogen-bond acceptors (Lipinski definition) is 8. The Bertz CT molecular complexity index is 1180. The van der Waals surface area contributed by atoms with Crippen LogP contribution in [0.2, 0.25) is 0 Å². The molecule has 1 fully saturated rings. The van der Waals surface area contributed by atoms with E-state index in [1.54, 1.807) is 30.3 Å². The molecule has 0 aliphatic carbocycles. The number of anilines is 1. The fourth-order valence-corrected chi connectivity index (χ4v) is 5.15.